The van der Waals surface area contributed by atoms with E-state index >= 15 is 0 Å². The number of nitrogens with one attached hydrogen (secondary N) is 1. The second-order valence-corrected chi connectivity index (χ2v) is 5.04. The van der Waals surface area contributed by atoms with E-state index in [1.54, 1.807) is 6.07 Å². The number of pyridine rings is 1. The van der Waals surface area contributed by atoms with Crippen molar-refractivity contribution in [2.75, 3.05) is 7.05 Å². The highest BCUT2D eigenvalue weighted by atomic mass is 19.1. The molecule has 5 heteroatoms. The van der Waals surface area contributed by atoms with Crippen molar-refractivity contribution in [3.63, 3.8) is 0 Å². The molecule has 1 N–H and O–H groups in total. The first-order valence-corrected chi connectivity index (χ1v) is 6.93. The minimum absolute atomic E-state index is 0.322. The second-order valence-electron chi connectivity index (χ2n) is 5.04. The Morgan fingerprint density at radius 3 is 2.85 bits per heavy atom. The van der Waals surface area contributed by atoms with Gasteiger partial charge < -0.3 is 5.32 Å². The lowest BCUT2D eigenvalue weighted by molar-refractivity contribution is 0.532. The van der Waals surface area contributed by atoms with Crippen LogP contribution in [0.25, 0.3) is 11.5 Å². The molecule has 0 fully saturated rings. The molecule has 0 aromatic carbocycles. The lowest BCUT2D eigenvalue weighted by Gasteiger charge is -2.16. The van der Waals surface area contributed by atoms with Gasteiger partial charge in [-0.3, -0.25) is 0 Å². The van der Waals surface area contributed by atoms with Crippen LogP contribution in [0.3, 0.4) is 0 Å². The molecule has 0 radical (unpaired) electrons. The summed E-state index contributed by atoms with van der Waals surface area (Å²) < 4.78 is 12.9. The number of fused-ring (bicyclic) bond motifs is 1. The van der Waals surface area contributed by atoms with Gasteiger partial charge in [0.1, 0.15) is 11.5 Å². The third kappa shape index (κ3) is 2.54. The van der Waals surface area contributed by atoms with Crippen molar-refractivity contribution in [1.82, 2.24) is 20.3 Å². The molecule has 2 heterocycles. The Labute approximate surface area is 117 Å². The molecule has 104 valence electrons. The highest BCUT2D eigenvalue weighted by Crippen LogP contribution is 2.27. The maximum absolute atomic E-state index is 12.9. The molecule has 0 aliphatic heterocycles. The van der Waals surface area contributed by atoms with Gasteiger partial charge in [0.15, 0.2) is 5.82 Å². The van der Waals surface area contributed by atoms with E-state index in [9.17, 15) is 4.39 Å². The predicted octanol–water partition coefficient (Wildman–Crippen LogP) is 2.66. The van der Waals surface area contributed by atoms with Crippen LogP contribution in [0, 0.1) is 5.82 Å². The average Bonchev–Trinajstić information content (AvgIpc) is 2.69. The Kier molecular flexibility index (Phi) is 3.69. The van der Waals surface area contributed by atoms with Crippen LogP contribution < -0.4 is 5.32 Å². The summed E-state index contributed by atoms with van der Waals surface area (Å²) in [5.74, 6) is 0.222. The van der Waals surface area contributed by atoms with Crippen LogP contribution in [0.2, 0.25) is 0 Å². The Bertz CT molecular complexity index is 597. The Morgan fingerprint density at radius 1 is 1.20 bits per heavy atom. The minimum Gasteiger partial charge on any atom is -0.313 e. The number of aromatic nitrogens is 3. The quantitative estimate of drug-likeness (QED) is 0.854. The third-order valence-electron chi connectivity index (χ3n) is 3.74. The SMILES string of the molecule is CNC1CCCCc2nc(-c3ccc(F)cn3)ncc21. The Balaban J connectivity index is 1.99. The van der Waals surface area contributed by atoms with Crippen LogP contribution >= 0.6 is 0 Å². The molecule has 4 nitrogen and oxygen atoms in total. The van der Waals surface area contributed by atoms with Crippen molar-refractivity contribution in [3.05, 3.63) is 41.6 Å². The van der Waals surface area contributed by atoms with Crippen molar-refractivity contribution in [2.24, 2.45) is 0 Å². The summed E-state index contributed by atoms with van der Waals surface area (Å²) in [6.45, 7) is 0. The predicted molar refractivity (Wildman–Crippen MR) is 74.6 cm³/mol. The standard InChI is InChI=1S/C15H17FN4/c1-17-12-4-2-3-5-13-11(12)9-19-15(20-13)14-7-6-10(16)8-18-14/h6-9,12,17H,2-5H2,1H3. The van der Waals surface area contributed by atoms with Crippen molar-refractivity contribution >= 4 is 0 Å². The lowest BCUT2D eigenvalue weighted by atomic mass is 10.1. The smallest absolute Gasteiger partial charge is 0.178 e. The van der Waals surface area contributed by atoms with Crippen LogP contribution in [-0.2, 0) is 6.42 Å². The van der Waals surface area contributed by atoms with E-state index in [2.05, 4.69) is 20.3 Å². The topological polar surface area (TPSA) is 50.7 Å². The average molecular weight is 272 g/mol. The highest BCUT2D eigenvalue weighted by Gasteiger charge is 2.19. The monoisotopic (exact) mass is 272 g/mol. The first-order chi connectivity index (χ1) is 9.78. The molecule has 2 aromatic rings. The normalized spacial score (nSPS) is 18.4. The minimum atomic E-state index is -0.348. The van der Waals surface area contributed by atoms with Gasteiger partial charge >= 0.3 is 0 Å². The molecule has 1 unspecified atom stereocenters. The molecule has 0 saturated heterocycles. The Morgan fingerprint density at radius 2 is 2.10 bits per heavy atom. The molecule has 2 aromatic heterocycles. The van der Waals surface area contributed by atoms with E-state index in [1.807, 2.05) is 13.2 Å². The molecular formula is C15H17FN4. The fourth-order valence-corrected chi connectivity index (χ4v) is 2.65. The van der Waals surface area contributed by atoms with Crippen molar-refractivity contribution < 1.29 is 4.39 Å². The van der Waals surface area contributed by atoms with E-state index in [0.717, 1.165) is 25.0 Å². The molecule has 20 heavy (non-hydrogen) atoms. The van der Waals surface area contributed by atoms with Gasteiger partial charge in [-0.1, -0.05) is 6.42 Å². The lowest BCUT2D eigenvalue weighted by Crippen LogP contribution is -2.17. The number of hydrogen-bond acceptors (Lipinski definition) is 4. The maximum atomic E-state index is 12.9. The van der Waals surface area contributed by atoms with Crippen LogP contribution in [0.1, 0.15) is 36.6 Å². The summed E-state index contributed by atoms with van der Waals surface area (Å²) in [6.07, 6.45) is 7.48. The van der Waals surface area contributed by atoms with Gasteiger partial charge in [-0.2, -0.15) is 0 Å². The van der Waals surface area contributed by atoms with E-state index in [0.29, 0.717) is 17.6 Å². The van der Waals surface area contributed by atoms with E-state index in [1.165, 1.54) is 24.2 Å². The summed E-state index contributed by atoms with van der Waals surface area (Å²) >= 11 is 0. The number of nitrogens with zero attached hydrogens (tertiary/aromatic N) is 3. The summed E-state index contributed by atoms with van der Waals surface area (Å²) in [6, 6.07) is 3.32. The highest BCUT2D eigenvalue weighted by molar-refractivity contribution is 5.49. The zero-order chi connectivity index (χ0) is 13.9. The second kappa shape index (κ2) is 5.63. The van der Waals surface area contributed by atoms with Gasteiger partial charge in [0, 0.05) is 23.5 Å². The summed E-state index contributed by atoms with van der Waals surface area (Å²) in [4.78, 5) is 13.1. The van der Waals surface area contributed by atoms with Crippen molar-refractivity contribution in [1.29, 1.82) is 0 Å². The van der Waals surface area contributed by atoms with Crippen LogP contribution in [0.15, 0.2) is 24.5 Å². The van der Waals surface area contributed by atoms with Crippen molar-refractivity contribution in [2.45, 2.75) is 31.7 Å². The first-order valence-electron chi connectivity index (χ1n) is 6.93. The fraction of sp³-hybridized carbons (Fsp3) is 0.400. The van der Waals surface area contributed by atoms with Gasteiger partial charge in [0.25, 0.3) is 0 Å². The molecule has 0 bridgehead atoms. The van der Waals surface area contributed by atoms with Gasteiger partial charge in [0.05, 0.1) is 6.20 Å². The van der Waals surface area contributed by atoms with E-state index in [4.69, 9.17) is 0 Å². The number of aryl methyl sites for hydroxylation is 1. The van der Waals surface area contributed by atoms with Crippen LogP contribution in [0.4, 0.5) is 4.39 Å². The summed E-state index contributed by atoms with van der Waals surface area (Å²) in [5.41, 5.74) is 2.87. The first kappa shape index (κ1) is 13.1. The zero-order valence-corrected chi connectivity index (χ0v) is 11.4. The van der Waals surface area contributed by atoms with Crippen molar-refractivity contribution in [3.8, 4) is 11.5 Å². The molecule has 0 spiro atoms. The Hall–Kier alpha value is -1.88. The van der Waals surface area contributed by atoms with Gasteiger partial charge in [0.2, 0.25) is 0 Å². The number of hydrogen-bond donors (Lipinski definition) is 1. The largest absolute Gasteiger partial charge is 0.313 e. The van der Waals surface area contributed by atoms with E-state index < -0.39 is 0 Å². The molecule has 3 rings (SSSR count). The van der Waals surface area contributed by atoms with Gasteiger partial charge in [-0.25, -0.2) is 19.3 Å². The van der Waals surface area contributed by atoms with E-state index in [-0.39, 0.29) is 5.82 Å². The zero-order valence-electron chi connectivity index (χ0n) is 11.4. The molecular weight excluding hydrogens is 255 g/mol. The number of halogens is 1. The maximum Gasteiger partial charge on any atom is 0.178 e. The summed E-state index contributed by atoms with van der Waals surface area (Å²) in [5, 5.41) is 3.32. The molecule has 1 atom stereocenters. The molecule has 1 aliphatic rings. The third-order valence-corrected chi connectivity index (χ3v) is 3.74. The molecule has 1 aliphatic carbocycles. The number of rotatable bonds is 2. The fourth-order valence-electron chi connectivity index (χ4n) is 2.65. The van der Waals surface area contributed by atoms with Crippen LogP contribution in [0.5, 0.6) is 0 Å². The molecule has 0 amide bonds. The summed E-state index contributed by atoms with van der Waals surface area (Å²) in [7, 11) is 1.97. The van der Waals surface area contributed by atoms with Gasteiger partial charge in [-0.15, -0.1) is 0 Å². The van der Waals surface area contributed by atoms with Crippen LogP contribution in [-0.4, -0.2) is 22.0 Å². The molecule has 0 saturated carbocycles. The van der Waals surface area contributed by atoms with Gasteiger partial charge in [-0.05, 0) is 38.4 Å².